The van der Waals surface area contributed by atoms with Gasteiger partial charge in [0.2, 0.25) is 0 Å². The Hall–Kier alpha value is -4.34. The van der Waals surface area contributed by atoms with Crippen molar-refractivity contribution in [1.29, 1.82) is 0 Å². The van der Waals surface area contributed by atoms with Crippen molar-refractivity contribution >= 4 is 21.5 Å². The molecular formula is C40H32F2N+. The van der Waals surface area contributed by atoms with Gasteiger partial charge in [0, 0.05) is 22.3 Å². The third-order valence-electron chi connectivity index (χ3n) is 10.6. The van der Waals surface area contributed by atoms with Gasteiger partial charge in [-0.1, -0.05) is 79.2 Å². The molecule has 210 valence electrons. The zero-order valence-corrected chi connectivity index (χ0v) is 24.0. The Labute approximate surface area is 250 Å². The van der Waals surface area contributed by atoms with Crippen molar-refractivity contribution in [3.05, 3.63) is 132 Å². The Morgan fingerprint density at radius 1 is 0.535 bits per heavy atom. The van der Waals surface area contributed by atoms with E-state index in [-0.39, 0.29) is 11.6 Å². The Balaban J connectivity index is 1.43. The van der Waals surface area contributed by atoms with E-state index in [0.717, 1.165) is 28.7 Å². The number of hydrogen-bond acceptors (Lipinski definition) is 0. The molecule has 0 amide bonds. The van der Waals surface area contributed by atoms with E-state index in [0.29, 0.717) is 5.41 Å². The fourth-order valence-electron chi connectivity index (χ4n) is 8.77. The summed E-state index contributed by atoms with van der Waals surface area (Å²) in [7, 11) is 0. The highest BCUT2D eigenvalue weighted by Gasteiger charge is 2.59. The van der Waals surface area contributed by atoms with Crippen LogP contribution in [-0.4, -0.2) is 17.6 Å². The highest BCUT2D eigenvalue weighted by Crippen LogP contribution is 2.57. The van der Waals surface area contributed by atoms with Gasteiger partial charge in [0.25, 0.3) is 0 Å². The first-order valence-corrected chi connectivity index (χ1v) is 15.5. The van der Waals surface area contributed by atoms with E-state index in [9.17, 15) is 8.78 Å². The molecular weight excluding hydrogens is 532 g/mol. The molecule has 6 aromatic rings. The number of quaternary nitrogens is 1. The van der Waals surface area contributed by atoms with E-state index in [4.69, 9.17) is 0 Å². The highest BCUT2D eigenvalue weighted by atomic mass is 19.1. The molecule has 0 bridgehead atoms. The van der Waals surface area contributed by atoms with Crippen LogP contribution in [0.2, 0.25) is 0 Å². The van der Waals surface area contributed by atoms with Gasteiger partial charge in [-0.25, -0.2) is 8.78 Å². The first-order valence-electron chi connectivity index (χ1n) is 15.5. The Kier molecular flexibility index (Phi) is 5.32. The summed E-state index contributed by atoms with van der Waals surface area (Å²) in [6.45, 7) is 4.27. The summed E-state index contributed by atoms with van der Waals surface area (Å²) in [4.78, 5) is 0. The van der Waals surface area contributed by atoms with Crippen LogP contribution in [0.1, 0.15) is 30.4 Å². The second-order valence-electron chi connectivity index (χ2n) is 13.3. The number of hydrogen-bond donors (Lipinski definition) is 0. The molecule has 3 heteroatoms. The van der Waals surface area contributed by atoms with Crippen LogP contribution in [0.25, 0.3) is 54.9 Å². The molecule has 0 radical (unpaired) electrons. The molecule has 2 fully saturated rings. The monoisotopic (exact) mass is 564 g/mol. The normalized spacial score (nSPS) is 17.7. The van der Waals surface area contributed by atoms with Gasteiger partial charge < -0.3 is 4.48 Å². The van der Waals surface area contributed by atoms with Crippen molar-refractivity contribution in [2.45, 2.75) is 32.4 Å². The van der Waals surface area contributed by atoms with Crippen molar-refractivity contribution in [3.8, 4) is 33.4 Å². The van der Waals surface area contributed by atoms with E-state index in [2.05, 4.69) is 60.7 Å². The van der Waals surface area contributed by atoms with Crippen LogP contribution in [0, 0.1) is 17.0 Å². The quantitative estimate of drug-likeness (QED) is 0.184. The zero-order chi connectivity index (χ0) is 28.8. The van der Waals surface area contributed by atoms with Crippen molar-refractivity contribution in [3.63, 3.8) is 0 Å². The molecule has 0 aromatic heterocycles. The molecule has 2 spiro atoms. The van der Waals surface area contributed by atoms with Gasteiger partial charge >= 0.3 is 0 Å². The number of fused-ring (bicyclic) bond motifs is 7. The van der Waals surface area contributed by atoms with Gasteiger partial charge in [-0.05, 0) is 93.0 Å². The SMILES string of the molecule is Fc1ccc(-c2cc3ccccc3c3c2C[N+]2(Cc4c(-c5ccc(F)cc5)cc5ccccc5c4-3)CC3(CCC3)C2)cc1. The first-order chi connectivity index (χ1) is 21.0. The number of halogens is 2. The maximum Gasteiger partial charge on any atom is 0.123 e. The topological polar surface area (TPSA) is 0 Å². The molecule has 6 aromatic carbocycles. The molecule has 1 nitrogen and oxygen atoms in total. The molecule has 0 unspecified atom stereocenters. The van der Waals surface area contributed by atoms with Crippen LogP contribution in [0.4, 0.5) is 8.78 Å². The van der Waals surface area contributed by atoms with E-state index in [1.165, 1.54) is 87.3 Å². The molecule has 3 aliphatic rings. The summed E-state index contributed by atoms with van der Waals surface area (Å²) in [6.07, 6.45) is 4.00. The van der Waals surface area contributed by atoms with Crippen LogP contribution in [0.5, 0.6) is 0 Å². The largest absolute Gasteiger partial charge is 0.315 e. The number of benzene rings is 6. The molecule has 2 heterocycles. The summed E-state index contributed by atoms with van der Waals surface area (Å²) in [5.41, 5.74) is 10.3. The van der Waals surface area contributed by atoms with Gasteiger partial charge in [0.05, 0.1) is 18.5 Å². The standard InChI is InChI=1S/C40H32F2N/c41-30-14-10-26(11-15-30)34-20-28-6-1-3-8-32(28)38-36(34)22-43(24-40(25-43)18-5-19-40)23-37-35(27-12-16-31(42)17-13-27)21-29-7-2-4-9-33(29)39(37)38/h1-4,6-17,20-21H,5,18-19,22-25H2/q+1. The Morgan fingerprint density at radius 3 is 1.40 bits per heavy atom. The van der Waals surface area contributed by atoms with Crippen molar-refractivity contribution < 1.29 is 13.3 Å². The minimum Gasteiger partial charge on any atom is -0.315 e. The van der Waals surface area contributed by atoms with Crippen molar-refractivity contribution in [1.82, 2.24) is 0 Å². The minimum atomic E-state index is -0.214. The first kappa shape index (κ1) is 25.2. The van der Waals surface area contributed by atoms with Gasteiger partial charge in [0.15, 0.2) is 0 Å². The fraction of sp³-hybridized carbons (Fsp3) is 0.200. The smallest absolute Gasteiger partial charge is 0.123 e. The third kappa shape index (κ3) is 3.84. The predicted octanol–water partition coefficient (Wildman–Crippen LogP) is 10.3. The van der Waals surface area contributed by atoms with E-state index >= 15 is 0 Å². The molecule has 0 atom stereocenters. The molecule has 9 rings (SSSR count). The van der Waals surface area contributed by atoms with Gasteiger partial charge in [-0.3, -0.25) is 0 Å². The highest BCUT2D eigenvalue weighted by molar-refractivity contribution is 6.11. The van der Waals surface area contributed by atoms with E-state index < -0.39 is 0 Å². The zero-order valence-electron chi connectivity index (χ0n) is 24.0. The predicted molar refractivity (Wildman–Crippen MR) is 171 cm³/mol. The second kappa shape index (κ2) is 9.08. The molecule has 2 aliphatic heterocycles. The van der Waals surface area contributed by atoms with Gasteiger partial charge in [-0.15, -0.1) is 0 Å². The van der Waals surface area contributed by atoms with Gasteiger partial charge in [0.1, 0.15) is 24.7 Å². The van der Waals surface area contributed by atoms with Crippen LogP contribution in [0.15, 0.2) is 109 Å². The Morgan fingerprint density at radius 2 is 0.977 bits per heavy atom. The van der Waals surface area contributed by atoms with E-state index in [1.54, 1.807) is 24.3 Å². The van der Waals surface area contributed by atoms with Crippen LogP contribution in [0.3, 0.4) is 0 Å². The maximum atomic E-state index is 14.2. The number of nitrogens with zero attached hydrogens (tertiary/aromatic N) is 1. The van der Waals surface area contributed by atoms with Crippen LogP contribution in [-0.2, 0) is 13.1 Å². The lowest BCUT2D eigenvalue weighted by atomic mass is 9.62. The average Bonchev–Trinajstić information content (AvgIpc) is 3.15. The van der Waals surface area contributed by atoms with Gasteiger partial charge in [-0.2, -0.15) is 0 Å². The van der Waals surface area contributed by atoms with Crippen LogP contribution >= 0.6 is 0 Å². The third-order valence-corrected chi connectivity index (χ3v) is 10.6. The summed E-state index contributed by atoms with van der Waals surface area (Å²) in [5, 5.41) is 4.89. The molecule has 43 heavy (non-hydrogen) atoms. The summed E-state index contributed by atoms with van der Waals surface area (Å²) >= 11 is 0. The van der Waals surface area contributed by atoms with Crippen molar-refractivity contribution in [2.75, 3.05) is 13.1 Å². The molecule has 0 N–H and O–H groups in total. The van der Waals surface area contributed by atoms with Crippen LogP contribution < -0.4 is 0 Å². The van der Waals surface area contributed by atoms with E-state index in [1.807, 2.05) is 24.3 Å². The average molecular weight is 565 g/mol. The molecule has 1 saturated heterocycles. The fourth-order valence-corrected chi connectivity index (χ4v) is 8.77. The molecule has 1 saturated carbocycles. The maximum absolute atomic E-state index is 14.2. The minimum absolute atomic E-state index is 0.214. The van der Waals surface area contributed by atoms with Crippen molar-refractivity contribution in [2.24, 2.45) is 5.41 Å². The summed E-state index contributed by atoms with van der Waals surface area (Å²) < 4.78 is 29.3. The second-order valence-corrected chi connectivity index (χ2v) is 13.3. The summed E-state index contributed by atoms with van der Waals surface area (Å²) in [5.74, 6) is -0.428. The lowest BCUT2D eigenvalue weighted by molar-refractivity contribution is -1.01. The Bertz CT molecular complexity index is 1920. The lowest BCUT2D eigenvalue weighted by Gasteiger charge is -2.61. The summed E-state index contributed by atoms with van der Waals surface area (Å²) in [6, 6.07) is 36.2. The number of rotatable bonds is 2. The molecule has 1 aliphatic carbocycles. The lowest BCUT2D eigenvalue weighted by Crippen LogP contribution is -2.70.